The van der Waals surface area contributed by atoms with Gasteiger partial charge in [-0.1, -0.05) is 6.08 Å². The summed E-state index contributed by atoms with van der Waals surface area (Å²) in [5, 5.41) is 8.77. The van der Waals surface area contributed by atoms with E-state index in [1.165, 1.54) is 0 Å². The number of nitrogens with zero attached hydrogens (tertiary/aromatic N) is 2. The summed E-state index contributed by atoms with van der Waals surface area (Å²) in [5.74, 6) is -0.892. The van der Waals surface area contributed by atoms with E-state index in [1.54, 1.807) is 23.8 Å². The van der Waals surface area contributed by atoms with E-state index in [4.69, 9.17) is 5.11 Å². The summed E-state index contributed by atoms with van der Waals surface area (Å²) in [6.07, 6.45) is 4.23. The van der Waals surface area contributed by atoms with Crippen molar-refractivity contribution in [2.45, 2.75) is 19.9 Å². The van der Waals surface area contributed by atoms with Crippen LogP contribution in [-0.2, 0) is 6.54 Å². The van der Waals surface area contributed by atoms with E-state index >= 15 is 0 Å². The Bertz CT molecular complexity index is 328. The van der Waals surface area contributed by atoms with Gasteiger partial charge in [-0.2, -0.15) is 0 Å². The highest BCUT2D eigenvalue weighted by Gasteiger charge is 2.11. The average Bonchev–Trinajstić information content (AvgIpc) is 2.43. The Morgan fingerprint density at radius 1 is 1.85 bits per heavy atom. The number of hydrogen-bond acceptors (Lipinski definition) is 2. The molecule has 1 aromatic heterocycles. The molecule has 0 saturated heterocycles. The summed E-state index contributed by atoms with van der Waals surface area (Å²) >= 11 is 0. The molecule has 0 aliphatic rings. The first-order valence-corrected chi connectivity index (χ1v) is 4.03. The van der Waals surface area contributed by atoms with Crippen molar-refractivity contribution in [3.05, 3.63) is 30.4 Å². The number of aromatic carboxylic acids is 1. The topological polar surface area (TPSA) is 55.1 Å². The second kappa shape index (κ2) is 3.89. The number of hydrogen-bond donors (Lipinski definition) is 1. The molecule has 0 bridgehead atoms. The molecule has 0 aliphatic carbocycles. The van der Waals surface area contributed by atoms with Crippen LogP contribution >= 0.6 is 0 Å². The molecular weight excluding hydrogens is 168 g/mol. The number of rotatable bonds is 4. The van der Waals surface area contributed by atoms with E-state index in [0.717, 1.165) is 12.1 Å². The van der Waals surface area contributed by atoms with Crippen molar-refractivity contribution in [1.29, 1.82) is 0 Å². The molecule has 0 aromatic carbocycles. The van der Waals surface area contributed by atoms with Crippen molar-refractivity contribution < 1.29 is 9.90 Å². The fourth-order valence-corrected chi connectivity index (χ4v) is 1.12. The largest absolute Gasteiger partial charge is 0.475 e. The fourth-order valence-electron chi connectivity index (χ4n) is 1.12. The van der Waals surface area contributed by atoms with Crippen LogP contribution in [0.25, 0.3) is 0 Å². The molecule has 0 unspecified atom stereocenters. The van der Waals surface area contributed by atoms with E-state index in [9.17, 15) is 4.79 Å². The summed E-state index contributed by atoms with van der Waals surface area (Å²) in [4.78, 5) is 14.6. The van der Waals surface area contributed by atoms with Crippen LogP contribution < -0.4 is 0 Å². The van der Waals surface area contributed by atoms with Gasteiger partial charge in [-0.05, 0) is 13.3 Å². The molecule has 0 saturated carbocycles. The first kappa shape index (κ1) is 9.51. The molecule has 13 heavy (non-hydrogen) atoms. The second-order valence-corrected chi connectivity index (χ2v) is 2.78. The molecule has 70 valence electrons. The molecule has 4 nitrogen and oxygen atoms in total. The molecule has 0 aliphatic heterocycles. The van der Waals surface area contributed by atoms with Crippen LogP contribution in [0.1, 0.15) is 22.7 Å². The Morgan fingerprint density at radius 3 is 3.08 bits per heavy atom. The van der Waals surface area contributed by atoms with Crippen molar-refractivity contribution in [2.24, 2.45) is 0 Å². The molecule has 1 rings (SSSR count). The predicted molar refractivity (Wildman–Crippen MR) is 48.7 cm³/mol. The molecule has 0 fully saturated rings. The third-order valence-corrected chi connectivity index (χ3v) is 1.66. The van der Waals surface area contributed by atoms with Crippen LogP contribution in [0.2, 0.25) is 0 Å². The lowest BCUT2D eigenvalue weighted by molar-refractivity contribution is 0.0678. The van der Waals surface area contributed by atoms with Crippen LogP contribution in [0.15, 0.2) is 18.9 Å². The molecule has 0 radical (unpaired) electrons. The highest BCUT2D eigenvalue weighted by Crippen LogP contribution is 2.03. The standard InChI is InChI=1S/C9H12N2O2/c1-3-4-5-11-6-7(2)10-8(11)9(12)13/h3,6H,1,4-5H2,2H3,(H,12,13). The quantitative estimate of drug-likeness (QED) is 0.714. The minimum absolute atomic E-state index is 0.0966. The highest BCUT2D eigenvalue weighted by molar-refractivity contribution is 5.83. The third-order valence-electron chi connectivity index (χ3n) is 1.66. The monoisotopic (exact) mass is 180 g/mol. The minimum atomic E-state index is -0.989. The average molecular weight is 180 g/mol. The molecule has 1 N–H and O–H groups in total. The van der Waals surface area contributed by atoms with Crippen molar-refractivity contribution in [1.82, 2.24) is 9.55 Å². The minimum Gasteiger partial charge on any atom is -0.475 e. The van der Waals surface area contributed by atoms with Gasteiger partial charge in [0, 0.05) is 12.7 Å². The molecule has 0 amide bonds. The van der Waals surface area contributed by atoms with Gasteiger partial charge >= 0.3 is 5.97 Å². The lowest BCUT2D eigenvalue weighted by Crippen LogP contribution is -2.08. The lowest BCUT2D eigenvalue weighted by Gasteiger charge is -2.00. The van der Waals surface area contributed by atoms with Crippen molar-refractivity contribution in [3.8, 4) is 0 Å². The summed E-state index contributed by atoms with van der Waals surface area (Å²) in [6.45, 7) is 5.97. The molecule has 0 atom stereocenters. The molecule has 4 heteroatoms. The number of aromatic nitrogens is 2. The Morgan fingerprint density at radius 2 is 2.54 bits per heavy atom. The highest BCUT2D eigenvalue weighted by atomic mass is 16.4. The van der Waals surface area contributed by atoms with Gasteiger partial charge in [-0.3, -0.25) is 0 Å². The number of carboxylic acids is 1. The van der Waals surface area contributed by atoms with Crippen LogP contribution in [-0.4, -0.2) is 20.6 Å². The van der Waals surface area contributed by atoms with Gasteiger partial charge in [0.1, 0.15) is 0 Å². The Kier molecular flexibility index (Phi) is 2.84. The van der Waals surface area contributed by atoms with Crippen molar-refractivity contribution >= 4 is 5.97 Å². The SMILES string of the molecule is C=CCCn1cc(C)nc1C(=O)O. The van der Waals surface area contributed by atoms with Crippen molar-refractivity contribution in [3.63, 3.8) is 0 Å². The Hall–Kier alpha value is -1.58. The Labute approximate surface area is 76.5 Å². The van der Waals surface area contributed by atoms with Crippen LogP contribution in [0.4, 0.5) is 0 Å². The molecule has 1 heterocycles. The molecular formula is C9H12N2O2. The predicted octanol–water partition coefficient (Wildman–Crippen LogP) is 1.47. The summed E-state index contributed by atoms with van der Waals surface area (Å²) in [7, 11) is 0. The van der Waals surface area contributed by atoms with E-state index in [-0.39, 0.29) is 5.82 Å². The van der Waals surface area contributed by atoms with Gasteiger partial charge in [0.2, 0.25) is 5.82 Å². The fraction of sp³-hybridized carbons (Fsp3) is 0.333. The number of allylic oxidation sites excluding steroid dienone is 1. The van der Waals surface area contributed by atoms with Crippen molar-refractivity contribution in [2.75, 3.05) is 0 Å². The van der Waals surface area contributed by atoms with Gasteiger partial charge in [0.05, 0.1) is 5.69 Å². The zero-order valence-corrected chi connectivity index (χ0v) is 7.53. The molecule has 1 aromatic rings. The van der Waals surface area contributed by atoms with Gasteiger partial charge in [0.15, 0.2) is 0 Å². The van der Waals surface area contributed by atoms with Gasteiger partial charge < -0.3 is 9.67 Å². The number of carbonyl (C=O) groups is 1. The summed E-state index contributed by atoms with van der Waals surface area (Å²) in [6, 6.07) is 0. The Balaban J connectivity index is 2.90. The zero-order valence-electron chi connectivity index (χ0n) is 7.53. The third kappa shape index (κ3) is 2.18. The maximum atomic E-state index is 10.7. The van der Waals surface area contributed by atoms with E-state index < -0.39 is 5.97 Å². The van der Waals surface area contributed by atoms with E-state index in [2.05, 4.69) is 11.6 Å². The van der Waals surface area contributed by atoms with Gasteiger partial charge in [-0.15, -0.1) is 6.58 Å². The normalized spacial score (nSPS) is 9.92. The lowest BCUT2D eigenvalue weighted by atomic mass is 10.4. The van der Waals surface area contributed by atoms with Crippen LogP contribution in [0, 0.1) is 6.92 Å². The first-order chi connectivity index (χ1) is 6.15. The summed E-state index contributed by atoms with van der Waals surface area (Å²) in [5.41, 5.74) is 0.724. The number of carboxylic acid groups (broad SMARTS) is 1. The summed E-state index contributed by atoms with van der Waals surface area (Å²) < 4.78 is 1.62. The second-order valence-electron chi connectivity index (χ2n) is 2.78. The maximum absolute atomic E-state index is 10.7. The van der Waals surface area contributed by atoms with E-state index in [0.29, 0.717) is 6.54 Å². The van der Waals surface area contributed by atoms with E-state index in [1.807, 2.05) is 0 Å². The first-order valence-electron chi connectivity index (χ1n) is 4.03. The number of imidazole rings is 1. The van der Waals surface area contributed by atoms with Crippen LogP contribution in [0.5, 0.6) is 0 Å². The molecule has 0 spiro atoms. The van der Waals surface area contributed by atoms with Gasteiger partial charge in [-0.25, -0.2) is 9.78 Å². The smallest absolute Gasteiger partial charge is 0.372 e. The zero-order chi connectivity index (χ0) is 9.84. The van der Waals surface area contributed by atoms with Crippen LogP contribution in [0.3, 0.4) is 0 Å². The number of aryl methyl sites for hydroxylation is 2. The maximum Gasteiger partial charge on any atom is 0.372 e. The van der Waals surface area contributed by atoms with Gasteiger partial charge in [0.25, 0.3) is 0 Å².